The van der Waals surface area contributed by atoms with Gasteiger partial charge in [-0.3, -0.25) is 4.79 Å². The molecule has 118 valence electrons. The van der Waals surface area contributed by atoms with Crippen molar-refractivity contribution < 1.29 is 9.21 Å². The topological polar surface area (TPSA) is 58.4 Å². The van der Waals surface area contributed by atoms with Gasteiger partial charge in [0, 0.05) is 24.0 Å². The Morgan fingerprint density at radius 2 is 2.50 bits per heavy atom. The van der Waals surface area contributed by atoms with Crippen LogP contribution in [0.25, 0.3) is 10.6 Å². The van der Waals surface area contributed by atoms with Gasteiger partial charge in [0.15, 0.2) is 0 Å². The van der Waals surface area contributed by atoms with Gasteiger partial charge < -0.3 is 14.6 Å². The molecule has 1 unspecified atom stereocenters. The lowest BCUT2D eigenvalue weighted by Gasteiger charge is -2.32. The molecule has 0 saturated carbocycles. The number of aromatic nitrogens is 1. The maximum Gasteiger partial charge on any atom is 0.228 e. The second-order valence-electron chi connectivity index (χ2n) is 5.74. The molecule has 1 fully saturated rings. The SMILES string of the molecule is CNCC1CCCN(C(=O)Cc2csc(-c3ccoc3)n2)C1. The highest BCUT2D eigenvalue weighted by atomic mass is 32.1. The minimum atomic E-state index is 0.185. The van der Waals surface area contributed by atoms with Crippen molar-refractivity contribution >= 4 is 17.2 Å². The Bertz CT molecular complexity index is 607. The van der Waals surface area contributed by atoms with Crippen molar-refractivity contribution in [2.24, 2.45) is 5.92 Å². The zero-order chi connectivity index (χ0) is 15.4. The number of hydrogen-bond donors (Lipinski definition) is 1. The summed E-state index contributed by atoms with van der Waals surface area (Å²) in [5.41, 5.74) is 1.82. The van der Waals surface area contributed by atoms with Crippen LogP contribution in [0, 0.1) is 5.92 Å². The van der Waals surface area contributed by atoms with E-state index in [-0.39, 0.29) is 5.91 Å². The Morgan fingerprint density at radius 1 is 1.59 bits per heavy atom. The van der Waals surface area contributed by atoms with E-state index in [1.54, 1.807) is 23.9 Å². The molecule has 2 aromatic rings. The molecule has 1 amide bonds. The predicted molar refractivity (Wildman–Crippen MR) is 86.8 cm³/mol. The lowest BCUT2D eigenvalue weighted by molar-refractivity contribution is -0.132. The Hall–Kier alpha value is -1.66. The molecule has 2 aromatic heterocycles. The van der Waals surface area contributed by atoms with E-state index in [9.17, 15) is 4.79 Å². The van der Waals surface area contributed by atoms with Crippen molar-refractivity contribution in [3.05, 3.63) is 29.7 Å². The highest BCUT2D eigenvalue weighted by Crippen LogP contribution is 2.24. The smallest absolute Gasteiger partial charge is 0.228 e. The van der Waals surface area contributed by atoms with Crippen LogP contribution >= 0.6 is 11.3 Å². The van der Waals surface area contributed by atoms with Crippen molar-refractivity contribution in [3.63, 3.8) is 0 Å². The quantitative estimate of drug-likeness (QED) is 0.919. The monoisotopic (exact) mass is 319 g/mol. The molecular formula is C16H21N3O2S. The number of carbonyl (C=O) groups is 1. The molecule has 1 N–H and O–H groups in total. The van der Waals surface area contributed by atoms with Gasteiger partial charge in [0.1, 0.15) is 11.3 Å². The molecule has 22 heavy (non-hydrogen) atoms. The minimum absolute atomic E-state index is 0.185. The highest BCUT2D eigenvalue weighted by molar-refractivity contribution is 7.13. The number of nitrogens with zero attached hydrogens (tertiary/aromatic N) is 2. The van der Waals surface area contributed by atoms with E-state index in [0.29, 0.717) is 12.3 Å². The van der Waals surface area contributed by atoms with Crippen molar-refractivity contribution in [2.45, 2.75) is 19.3 Å². The van der Waals surface area contributed by atoms with Gasteiger partial charge in [-0.25, -0.2) is 4.98 Å². The van der Waals surface area contributed by atoms with Crippen molar-refractivity contribution in [2.75, 3.05) is 26.7 Å². The molecule has 0 aliphatic carbocycles. The number of nitrogens with one attached hydrogen (secondary N) is 1. The average molecular weight is 319 g/mol. The van der Waals surface area contributed by atoms with Crippen LogP contribution in [0.1, 0.15) is 18.5 Å². The van der Waals surface area contributed by atoms with E-state index in [1.165, 1.54) is 6.42 Å². The molecule has 0 radical (unpaired) electrons. The van der Waals surface area contributed by atoms with E-state index >= 15 is 0 Å². The fourth-order valence-corrected chi connectivity index (χ4v) is 3.73. The first-order valence-electron chi connectivity index (χ1n) is 7.65. The van der Waals surface area contributed by atoms with Gasteiger partial charge in [0.25, 0.3) is 0 Å². The van der Waals surface area contributed by atoms with Gasteiger partial charge in [0.2, 0.25) is 5.91 Å². The van der Waals surface area contributed by atoms with Crippen molar-refractivity contribution in [3.8, 4) is 10.6 Å². The van der Waals surface area contributed by atoms with Crippen LogP contribution in [0.4, 0.5) is 0 Å². The molecule has 0 spiro atoms. The van der Waals surface area contributed by atoms with Gasteiger partial charge in [-0.1, -0.05) is 0 Å². The zero-order valence-corrected chi connectivity index (χ0v) is 13.6. The first-order chi connectivity index (χ1) is 10.8. The van der Waals surface area contributed by atoms with Crippen molar-refractivity contribution in [1.82, 2.24) is 15.2 Å². The van der Waals surface area contributed by atoms with Gasteiger partial charge in [-0.2, -0.15) is 0 Å². The summed E-state index contributed by atoms with van der Waals surface area (Å²) < 4.78 is 5.07. The first kappa shape index (κ1) is 15.2. The van der Waals surface area contributed by atoms with E-state index in [1.807, 2.05) is 23.4 Å². The molecule has 1 aliphatic heterocycles. The van der Waals surface area contributed by atoms with E-state index in [4.69, 9.17) is 4.42 Å². The number of likely N-dealkylation sites (tertiary alicyclic amines) is 1. The number of rotatable bonds is 5. The third-order valence-electron chi connectivity index (χ3n) is 4.02. The summed E-state index contributed by atoms with van der Waals surface area (Å²) in [6, 6.07) is 1.89. The maximum atomic E-state index is 12.5. The zero-order valence-electron chi connectivity index (χ0n) is 12.7. The number of hydrogen-bond acceptors (Lipinski definition) is 5. The molecule has 3 heterocycles. The minimum Gasteiger partial charge on any atom is -0.472 e. The lowest BCUT2D eigenvalue weighted by atomic mass is 9.98. The summed E-state index contributed by atoms with van der Waals surface area (Å²) in [7, 11) is 1.97. The third kappa shape index (κ3) is 3.56. The Morgan fingerprint density at radius 3 is 3.27 bits per heavy atom. The van der Waals surface area contributed by atoms with E-state index < -0.39 is 0 Å². The Labute approximate surface area is 134 Å². The lowest BCUT2D eigenvalue weighted by Crippen LogP contribution is -2.43. The van der Waals surface area contributed by atoms with Crippen LogP contribution in [-0.4, -0.2) is 42.5 Å². The first-order valence-corrected chi connectivity index (χ1v) is 8.53. The standard InChI is InChI=1S/C16H21N3O2S/c1-17-8-12-3-2-5-19(9-12)15(20)7-14-11-22-16(18-14)13-4-6-21-10-13/h4,6,10-12,17H,2-3,5,7-9H2,1H3. The maximum absolute atomic E-state index is 12.5. The fourth-order valence-electron chi connectivity index (χ4n) is 2.92. The summed E-state index contributed by atoms with van der Waals surface area (Å²) in [4.78, 5) is 19.0. The van der Waals surface area contributed by atoms with Gasteiger partial charge in [-0.15, -0.1) is 11.3 Å². The van der Waals surface area contributed by atoms with E-state index in [2.05, 4.69) is 10.3 Å². The molecule has 6 heteroatoms. The van der Waals surface area contributed by atoms with Crippen LogP contribution < -0.4 is 5.32 Å². The predicted octanol–water partition coefficient (Wildman–Crippen LogP) is 2.40. The van der Waals surface area contributed by atoms with Crippen LogP contribution in [0.2, 0.25) is 0 Å². The summed E-state index contributed by atoms with van der Waals surface area (Å²) in [5, 5.41) is 6.08. The fraction of sp³-hybridized carbons (Fsp3) is 0.500. The largest absolute Gasteiger partial charge is 0.472 e. The van der Waals surface area contributed by atoms with Crippen LogP contribution in [0.3, 0.4) is 0 Å². The van der Waals surface area contributed by atoms with Gasteiger partial charge in [0.05, 0.1) is 18.4 Å². The summed E-state index contributed by atoms with van der Waals surface area (Å²) in [6.07, 6.45) is 6.00. The average Bonchev–Trinajstić information content (AvgIpc) is 3.18. The number of amides is 1. The summed E-state index contributed by atoms with van der Waals surface area (Å²) >= 11 is 1.55. The third-order valence-corrected chi connectivity index (χ3v) is 4.96. The number of furan rings is 1. The molecule has 1 aliphatic rings. The number of thiazole rings is 1. The highest BCUT2D eigenvalue weighted by Gasteiger charge is 2.23. The molecular weight excluding hydrogens is 298 g/mol. The molecule has 3 rings (SSSR count). The molecule has 5 nitrogen and oxygen atoms in total. The molecule has 0 aromatic carbocycles. The van der Waals surface area contributed by atoms with Crippen LogP contribution in [0.5, 0.6) is 0 Å². The van der Waals surface area contributed by atoms with Crippen LogP contribution in [-0.2, 0) is 11.2 Å². The van der Waals surface area contributed by atoms with Crippen LogP contribution in [0.15, 0.2) is 28.4 Å². The molecule has 0 bridgehead atoms. The molecule has 1 atom stereocenters. The number of piperidine rings is 1. The molecule has 1 saturated heterocycles. The summed E-state index contributed by atoms with van der Waals surface area (Å²) in [5.74, 6) is 0.754. The van der Waals surface area contributed by atoms with Crippen molar-refractivity contribution in [1.29, 1.82) is 0 Å². The van der Waals surface area contributed by atoms with E-state index in [0.717, 1.165) is 42.3 Å². The summed E-state index contributed by atoms with van der Waals surface area (Å²) in [6.45, 7) is 2.71. The Kier molecular flexibility index (Phi) is 4.90. The second-order valence-corrected chi connectivity index (χ2v) is 6.60. The normalized spacial score (nSPS) is 18.6. The second kappa shape index (κ2) is 7.07. The van der Waals surface area contributed by atoms with Gasteiger partial charge in [-0.05, 0) is 38.4 Å². The number of carbonyl (C=O) groups excluding carboxylic acids is 1. The Balaban J connectivity index is 1.59. The van der Waals surface area contributed by atoms with Gasteiger partial charge >= 0.3 is 0 Å².